The Morgan fingerprint density at radius 3 is 1.56 bits per heavy atom. The first kappa shape index (κ1) is 29.1. The van der Waals surface area contributed by atoms with E-state index in [4.69, 9.17) is 28.5 Å². The Morgan fingerprint density at radius 2 is 1.02 bits per heavy atom. The van der Waals surface area contributed by atoms with Crippen LogP contribution in [0.25, 0.3) is 0 Å². The fourth-order valence-corrected chi connectivity index (χ4v) is 5.60. The lowest BCUT2D eigenvalue weighted by Crippen LogP contribution is -2.61. The summed E-state index contributed by atoms with van der Waals surface area (Å²) in [6.07, 6.45) is -1.79. The third-order valence-corrected chi connectivity index (χ3v) is 7.88. The Hall–Kier alpha value is -4.01. The molecule has 0 amide bonds. The van der Waals surface area contributed by atoms with Crippen LogP contribution in [-0.4, -0.2) is 43.8 Å². The van der Waals surface area contributed by atoms with Gasteiger partial charge in [0.1, 0.15) is 30.7 Å². The molecule has 7 nitrogen and oxygen atoms in total. The number of rotatable bonds is 13. The molecule has 43 heavy (non-hydrogen) atoms. The van der Waals surface area contributed by atoms with Crippen LogP contribution in [0.3, 0.4) is 0 Å². The average Bonchev–Trinajstić information content (AvgIpc) is 3.56. The van der Waals surface area contributed by atoms with Crippen LogP contribution < -0.4 is 4.74 Å². The van der Waals surface area contributed by atoms with Crippen molar-refractivity contribution in [3.05, 3.63) is 138 Å². The molecule has 4 aromatic rings. The second-order valence-corrected chi connectivity index (χ2v) is 10.8. The SMILES string of the molecule is COc1ccc(CO[C@@H]2C3=NOC[C@H]3[C@H](OCc3ccccc3)[C@@H](OCc3ccccc3)[C@@H]2OCc2ccccc2)cc1. The third-order valence-electron chi connectivity index (χ3n) is 7.88. The molecule has 0 saturated heterocycles. The van der Waals surface area contributed by atoms with E-state index in [2.05, 4.69) is 41.6 Å². The molecule has 222 valence electrons. The van der Waals surface area contributed by atoms with Crippen molar-refractivity contribution >= 4 is 5.71 Å². The Labute approximate surface area is 253 Å². The van der Waals surface area contributed by atoms with Crippen LogP contribution in [0.1, 0.15) is 22.3 Å². The van der Waals surface area contributed by atoms with Crippen LogP contribution in [0, 0.1) is 5.92 Å². The third kappa shape index (κ3) is 7.32. The Kier molecular flexibility index (Phi) is 9.77. The number of methoxy groups -OCH3 is 1. The summed E-state index contributed by atoms with van der Waals surface area (Å²) in [4.78, 5) is 5.71. The van der Waals surface area contributed by atoms with Gasteiger partial charge in [0, 0.05) is 0 Å². The smallest absolute Gasteiger partial charge is 0.129 e. The van der Waals surface area contributed by atoms with Crippen molar-refractivity contribution in [3.63, 3.8) is 0 Å². The van der Waals surface area contributed by atoms with E-state index in [-0.39, 0.29) is 12.0 Å². The lowest BCUT2D eigenvalue weighted by Gasteiger charge is -2.44. The fourth-order valence-electron chi connectivity index (χ4n) is 5.60. The molecular formula is C36H37NO6. The van der Waals surface area contributed by atoms with Crippen molar-refractivity contribution in [2.24, 2.45) is 11.1 Å². The van der Waals surface area contributed by atoms with Crippen molar-refractivity contribution in [2.75, 3.05) is 13.7 Å². The molecule has 0 spiro atoms. The van der Waals surface area contributed by atoms with Crippen molar-refractivity contribution in [3.8, 4) is 5.75 Å². The number of benzene rings is 4. The number of nitrogens with zero attached hydrogens (tertiary/aromatic N) is 1. The zero-order chi connectivity index (χ0) is 29.3. The van der Waals surface area contributed by atoms with Gasteiger partial charge in [-0.1, -0.05) is 108 Å². The summed E-state index contributed by atoms with van der Waals surface area (Å²) < 4.78 is 32.1. The van der Waals surface area contributed by atoms with E-state index in [1.54, 1.807) is 7.11 Å². The van der Waals surface area contributed by atoms with E-state index in [1.807, 2.05) is 78.9 Å². The van der Waals surface area contributed by atoms with Crippen LogP contribution in [0.4, 0.5) is 0 Å². The normalized spacial score (nSPS) is 22.8. The molecule has 2 aliphatic rings. The maximum Gasteiger partial charge on any atom is 0.129 e. The molecule has 0 N–H and O–H groups in total. The molecular weight excluding hydrogens is 542 g/mol. The molecule has 7 heteroatoms. The van der Waals surface area contributed by atoms with Gasteiger partial charge in [0.2, 0.25) is 0 Å². The quantitative estimate of drug-likeness (QED) is 0.184. The predicted octanol–water partition coefficient (Wildman–Crippen LogP) is 6.35. The zero-order valence-corrected chi connectivity index (χ0v) is 24.3. The lowest BCUT2D eigenvalue weighted by molar-refractivity contribution is -0.197. The molecule has 0 bridgehead atoms. The van der Waals surface area contributed by atoms with E-state index in [0.717, 1.165) is 33.7 Å². The maximum atomic E-state index is 6.73. The number of hydrogen-bond donors (Lipinski definition) is 0. The molecule has 0 radical (unpaired) electrons. The highest BCUT2D eigenvalue weighted by atomic mass is 16.6. The first-order chi connectivity index (χ1) is 21.3. The largest absolute Gasteiger partial charge is 0.497 e. The average molecular weight is 580 g/mol. The summed E-state index contributed by atoms with van der Waals surface area (Å²) in [5.74, 6) is 0.661. The topological polar surface area (TPSA) is 67.7 Å². The minimum Gasteiger partial charge on any atom is -0.497 e. The van der Waals surface area contributed by atoms with E-state index >= 15 is 0 Å². The summed E-state index contributed by atoms with van der Waals surface area (Å²) in [5, 5.41) is 4.50. The van der Waals surface area contributed by atoms with Gasteiger partial charge < -0.3 is 28.5 Å². The summed E-state index contributed by atoms with van der Waals surface area (Å²) >= 11 is 0. The van der Waals surface area contributed by atoms with Crippen LogP contribution in [0.5, 0.6) is 5.75 Å². The second kappa shape index (κ2) is 14.4. The molecule has 0 aromatic heterocycles. The molecule has 1 heterocycles. The standard InChI is InChI=1S/C36H37NO6/c1-38-30-19-17-29(18-20-30)24-40-34-32-31(25-43-37-32)33(39-21-26-11-5-2-6-12-26)35(41-22-27-13-7-3-8-14-27)36(34)42-23-28-15-9-4-10-16-28/h2-20,31,33-36H,21-25H2,1H3/t31-,33+,34-,35-,36-/m1/s1. The maximum absolute atomic E-state index is 6.73. The highest BCUT2D eigenvalue weighted by Crippen LogP contribution is 2.37. The first-order valence-electron chi connectivity index (χ1n) is 14.7. The molecule has 1 saturated carbocycles. The van der Waals surface area contributed by atoms with Crippen LogP contribution in [0.15, 0.2) is 120 Å². The fraction of sp³-hybridized carbons (Fsp3) is 0.306. The number of oxime groups is 1. The summed E-state index contributed by atoms with van der Waals surface area (Å²) in [6.45, 7) is 2.00. The van der Waals surface area contributed by atoms with Gasteiger partial charge in [-0.2, -0.15) is 0 Å². The molecule has 1 aliphatic heterocycles. The Balaban J connectivity index is 1.30. The molecule has 5 atom stereocenters. The molecule has 1 fully saturated rings. The minimum absolute atomic E-state index is 0.137. The molecule has 1 aliphatic carbocycles. The van der Waals surface area contributed by atoms with Crippen LogP contribution in [-0.2, 0) is 50.2 Å². The zero-order valence-electron chi connectivity index (χ0n) is 24.3. The van der Waals surface area contributed by atoms with E-state index in [1.165, 1.54) is 0 Å². The van der Waals surface area contributed by atoms with Crippen molar-refractivity contribution in [1.29, 1.82) is 0 Å². The molecule has 0 unspecified atom stereocenters. The van der Waals surface area contributed by atoms with E-state index < -0.39 is 18.3 Å². The lowest BCUT2D eigenvalue weighted by atomic mass is 9.79. The highest BCUT2D eigenvalue weighted by molar-refractivity contribution is 5.93. The predicted molar refractivity (Wildman–Crippen MR) is 164 cm³/mol. The first-order valence-corrected chi connectivity index (χ1v) is 14.7. The number of hydrogen-bond acceptors (Lipinski definition) is 7. The van der Waals surface area contributed by atoms with E-state index in [9.17, 15) is 0 Å². The molecule has 4 aromatic carbocycles. The van der Waals surface area contributed by atoms with Crippen LogP contribution in [0.2, 0.25) is 0 Å². The summed E-state index contributed by atoms with van der Waals surface area (Å²) in [5.41, 5.74) is 5.03. The van der Waals surface area contributed by atoms with Crippen molar-refractivity contribution < 1.29 is 28.5 Å². The monoisotopic (exact) mass is 579 g/mol. The van der Waals surface area contributed by atoms with Crippen LogP contribution >= 0.6 is 0 Å². The highest BCUT2D eigenvalue weighted by Gasteiger charge is 2.54. The van der Waals surface area contributed by atoms with Gasteiger partial charge in [0.15, 0.2) is 0 Å². The van der Waals surface area contributed by atoms with Crippen molar-refractivity contribution in [1.82, 2.24) is 0 Å². The van der Waals surface area contributed by atoms with Gasteiger partial charge in [-0.15, -0.1) is 0 Å². The number of ether oxygens (including phenoxy) is 5. The van der Waals surface area contributed by atoms with Gasteiger partial charge in [-0.25, -0.2) is 0 Å². The minimum atomic E-state index is -0.500. The molecule has 6 rings (SSSR count). The van der Waals surface area contributed by atoms with Gasteiger partial charge in [0.05, 0.1) is 51.3 Å². The van der Waals surface area contributed by atoms with Crippen molar-refractivity contribution in [2.45, 2.75) is 50.8 Å². The van der Waals surface area contributed by atoms with Gasteiger partial charge >= 0.3 is 0 Å². The second-order valence-electron chi connectivity index (χ2n) is 10.8. The van der Waals surface area contributed by atoms with Gasteiger partial charge in [0.25, 0.3) is 0 Å². The van der Waals surface area contributed by atoms with Gasteiger partial charge in [-0.05, 0) is 34.4 Å². The van der Waals surface area contributed by atoms with E-state index in [0.29, 0.717) is 33.0 Å². The Bertz CT molecular complexity index is 1430. The summed E-state index contributed by atoms with van der Waals surface area (Å²) in [7, 11) is 1.66. The van der Waals surface area contributed by atoms with Gasteiger partial charge in [-0.3, -0.25) is 0 Å². The number of fused-ring (bicyclic) bond motifs is 1. The Morgan fingerprint density at radius 1 is 0.558 bits per heavy atom. The summed E-state index contributed by atoms with van der Waals surface area (Å²) in [6, 6.07) is 38.3.